The van der Waals surface area contributed by atoms with Gasteiger partial charge in [-0.25, -0.2) is 0 Å². The van der Waals surface area contributed by atoms with E-state index in [9.17, 15) is 9.59 Å². The lowest BCUT2D eigenvalue weighted by molar-refractivity contribution is -0.119. The monoisotopic (exact) mass is 389 g/mol. The molecule has 2 amide bonds. The summed E-state index contributed by atoms with van der Waals surface area (Å²) in [5.41, 5.74) is 6.76. The largest absolute Gasteiger partial charge is 0.461 e. The van der Waals surface area contributed by atoms with Gasteiger partial charge in [0, 0.05) is 6.54 Å². The van der Waals surface area contributed by atoms with Crippen LogP contribution >= 0.6 is 11.8 Å². The van der Waals surface area contributed by atoms with E-state index in [-0.39, 0.29) is 18.2 Å². The molecule has 0 atom stereocenters. The van der Waals surface area contributed by atoms with E-state index in [1.165, 1.54) is 36.4 Å². The molecule has 0 saturated carbocycles. The molecular formula is C18H23N5O3S. The number of carbonyl (C=O) groups excluding carboxylic acids is 2. The first-order valence-electron chi connectivity index (χ1n) is 8.96. The van der Waals surface area contributed by atoms with Crippen LogP contribution in [0.2, 0.25) is 0 Å². The third-order valence-corrected chi connectivity index (χ3v) is 5.22. The fourth-order valence-electron chi connectivity index (χ4n) is 2.96. The number of nitrogens with two attached hydrogens (primary N) is 1. The zero-order chi connectivity index (χ0) is 19.1. The van der Waals surface area contributed by atoms with Gasteiger partial charge in [-0.3, -0.25) is 14.2 Å². The summed E-state index contributed by atoms with van der Waals surface area (Å²) >= 11 is 1.21. The van der Waals surface area contributed by atoms with Gasteiger partial charge in [-0.15, -0.1) is 10.2 Å². The van der Waals surface area contributed by atoms with Crippen LogP contribution in [0.3, 0.4) is 0 Å². The van der Waals surface area contributed by atoms with E-state index in [1.54, 1.807) is 16.7 Å². The van der Waals surface area contributed by atoms with Crippen molar-refractivity contribution in [3.63, 3.8) is 0 Å². The van der Waals surface area contributed by atoms with Gasteiger partial charge in [-0.2, -0.15) is 0 Å². The van der Waals surface area contributed by atoms with Crippen molar-refractivity contribution >= 4 is 23.6 Å². The highest BCUT2D eigenvalue weighted by Gasteiger charge is 2.18. The fourth-order valence-corrected chi connectivity index (χ4v) is 3.72. The van der Waals surface area contributed by atoms with Gasteiger partial charge in [-0.1, -0.05) is 23.4 Å². The third kappa shape index (κ3) is 5.46. The summed E-state index contributed by atoms with van der Waals surface area (Å²) < 4.78 is 6.88. The van der Waals surface area contributed by atoms with Crippen LogP contribution in [0.5, 0.6) is 0 Å². The van der Waals surface area contributed by atoms with Crippen LogP contribution in [-0.4, -0.2) is 38.9 Å². The Morgan fingerprint density at radius 2 is 2.22 bits per heavy atom. The summed E-state index contributed by atoms with van der Waals surface area (Å²) in [5, 5.41) is 11.5. The quantitative estimate of drug-likeness (QED) is 0.501. The lowest BCUT2D eigenvalue weighted by Crippen LogP contribution is -2.27. The molecule has 0 aromatic carbocycles. The molecule has 0 aliphatic heterocycles. The number of hydrogen-bond acceptors (Lipinski definition) is 6. The van der Waals surface area contributed by atoms with E-state index in [0.29, 0.717) is 23.3 Å². The minimum Gasteiger partial charge on any atom is -0.461 e. The predicted molar refractivity (Wildman–Crippen MR) is 102 cm³/mol. The standard InChI is InChI=1S/C18H23N5O3S/c19-15(24)11-23-17(14-7-4-10-26-14)21-22-18(23)27-12-16(25)20-9-8-13-5-2-1-3-6-13/h4-5,7,10H,1-3,6,8-9,11-12H2,(H2,19,24)(H,20,25). The molecular weight excluding hydrogens is 366 g/mol. The zero-order valence-electron chi connectivity index (χ0n) is 15.0. The molecule has 9 heteroatoms. The van der Waals surface area contributed by atoms with Crippen LogP contribution in [-0.2, 0) is 16.1 Å². The number of nitrogens with one attached hydrogen (secondary N) is 1. The number of nitrogens with zero attached hydrogens (tertiary/aromatic N) is 3. The summed E-state index contributed by atoms with van der Waals surface area (Å²) in [6.45, 7) is 0.554. The van der Waals surface area contributed by atoms with Crippen molar-refractivity contribution in [1.82, 2.24) is 20.1 Å². The Morgan fingerprint density at radius 3 is 2.93 bits per heavy atom. The van der Waals surface area contributed by atoms with Crippen LogP contribution in [0.25, 0.3) is 11.6 Å². The van der Waals surface area contributed by atoms with Crippen LogP contribution in [0, 0.1) is 0 Å². The number of allylic oxidation sites excluding steroid dienone is 1. The second kappa shape index (κ2) is 9.40. The summed E-state index contributed by atoms with van der Waals surface area (Å²) in [6.07, 6.45) is 9.48. The van der Waals surface area contributed by atoms with Crippen molar-refractivity contribution < 1.29 is 14.0 Å². The Bertz CT molecular complexity index is 813. The number of rotatable bonds is 9. The van der Waals surface area contributed by atoms with E-state index >= 15 is 0 Å². The van der Waals surface area contributed by atoms with Gasteiger partial charge in [0.15, 0.2) is 10.9 Å². The van der Waals surface area contributed by atoms with Crippen molar-refractivity contribution in [3.05, 3.63) is 30.0 Å². The molecule has 0 unspecified atom stereocenters. The average molecular weight is 389 g/mol. The molecule has 0 bridgehead atoms. The summed E-state index contributed by atoms with van der Waals surface area (Å²) in [6, 6.07) is 3.45. The highest BCUT2D eigenvalue weighted by molar-refractivity contribution is 7.99. The maximum absolute atomic E-state index is 12.1. The first kappa shape index (κ1) is 19.2. The normalized spacial score (nSPS) is 14.0. The Kier molecular flexibility index (Phi) is 6.69. The highest BCUT2D eigenvalue weighted by Crippen LogP contribution is 2.24. The lowest BCUT2D eigenvalue weighted by Gasteiger charge is -2.12. The van der Waals surface area contributed by atoms with Crippen LogP contribution in [0.4, 0.5) is 0 Å². The van der Waals surface area contributed by atoms with Gasteiger partial charge in [0.1, 0.15) is 6.54 Å². The minimum absolute atomic E-state index is 0.0791. The number of aromatic nitrogens is 3. The SMILES string of the molecule is NC(=O)Cn1c(SCC(=O)NCCC2=CCCCC2)nnc1-c1ccco1. The van der Waals surface area contributed by atoms with Crippen LogP contribution in [0.15, 0.2) is 39.6 Å². The third-order valence-electron chi connectivity index (χ3n) is 4.26. The number of carbonyl (C=O) groups is 2. The van der Waals surface area contributed by atoms with Gasteiger partial charge < -0.3 is 15.5 Å². The molecule has 2 aromatic rings. The van der Waals surface area contributed by atoms with Gasteiger partial charge in [0.05, 0.1) is 12.0 Å². The molecule has 1 aliphatic carbocycles. The minimum atomic E-state index is -0.519. The topological polar surface area (TPSA) is 116 Å². The van der Waals surface area contributed by atoms with E-state index in [4.69, 9.17) is 10.2 Å². The van der Waals surface area contributed by atoms with Crippen molar-refractivity contribution in [3.8, 4) is 11.6 Å². The second-order valence-corrected chi connectivity index (χ2v) is 7.28. The number of thioether (sulfide) groups is 1. The van der Waals surface area contributed by atoms with E-state index < -0.39 is 5.91 Å². The Hall–Kier alpha value is -2.55. The predicted octanol–water partition coefficient (Wildman–Crippen LogP) is 2.12. The van der Waals surface area contributed by atoms with Gasteiger partial charge >= 0.3 is 0 Å². The summed E-state index contributed by atoms with van der Waals surface area (Å²) in [4.78, 5) is 23.5. The Balaban J connectivity index is 1.54. The molecule has 3 rings (SSSR count). The molecule has 2 aromatic heterocycles. The Morgan fingerprint density at radius 1 is 1.33 bits per heavy atom. The van der Waals surface area contributed by atoms with Crippen molar-refractivity contribution in [1.29, 1.82) is 0 Å². The summed E-state index contributed by atoms with van der Waals surface area (Å²) in [5.74, 6) is 0.486. The lowest BCUT2D eigenvalue weighted by atomic mass is 9.97. The first-order valence-corrected chi connectivity index (χ1v) is 9.95. The van der Waals surface area contributed by atoms with E-state index in [1.807, 2.05) is 0 Å². The molecule has 0 fully saturated rings. The number of hydrogen-bond donors (Lipinski definition) is 2. The van der Waals surface area contributed by atoms with E-state index in [2.05, 4.69) is 21.6 Å². The van der Waals surface area contributed by atoms with Gasteiger partial charge in [-0.05, 0) is 44.2 Å². The van der Waals surface area contributed by atoms with Crippen molar-refractivity contribution in [2.24, 2.45) is 5.73 Å². The highest BCUT2D eigenvalue weighted by atomic mass is 32.2. The van der Waals surface area contributed by atoms with Crippen LogP contribution < -0.4 is 11.1 Å². The molecule has 1 aliphatic rings. The van der Waals surface area contributed by atoms with Gasteiger partial charge in [0.25, 0.3) is 0 Å². The molecule has 0 saturated heterocycles. The zero-order valence-corrected chi connectivity index (χ0v) is 15.8. The van der Waals surface area contributed by atoms with E-state index in [0.717, 1.165) is 19.3 Å². The molecule has 144 valence electrons. The summed E-state index contributed by atoms with van der Waals surface area (Å²) in [7, 11) is 0. The molecule has 3 N–H and O–H groups in total. The Labute approximate surface area is 161 Å². The maximum atomic E-state index is 12.1. The molecule has 0 radical (unpaired) electrons. The molecule has 2 heterocycles. The second-order valence-electron chi connectivity index (χ2n) is 6.33. The number of primary amides is 1. The average Bonchev–Trinajstić information content (AvgIpc) is 3.30. The maximum Gasteiger partial charge on any atom is 0.237 e. The smallest absolute Gasteiger partial charge is 0.237 e. The van der Waals surface area contributed by atoms with Gasteiger partial charge in [0.2, 0.25) is 17.6 Å². The fraction of sp³-hybridized carbons (Fsp3) is 0.444. The molecule has 8 nitrogen and oxygen atoms in total. The first-order chi connectivity index (χ1) is 13.1. The van der Waals surface area contributed by atoms with Crippen molar-refractivity contribution in [2.75, 3.05) is 12.3 Å². The van der Waals surface area contributed by atoms with Crippen LogP contribution in [0.1, 0.15) is 32.1 Å². The number of furan rings is 1. The van der Waals surface area contributed by atoms with Crippen molar-refractivity contribution in [2.45, 2.75) is 43.8 Å². The molecule has 27 heavy (non-hydrogen) atoms. The molecule has 0 spiro atoms. The number of amides is 2.